The number of carboxylic acids is 2. The highest BCUT2D eigenvalue weighted by atomic mass is 19.4. The van der Waals surface area contributed by atoms with Crippen LogP contribution in [0.3, 0.4) is 0 Å². The standard InChI is InChI=1S/C20H23FN2O2.2C2HF3O2/c21-17-7-2-1-5-15(17)13-23-11-12-24-20-18(23)8-9-19(20)25-14-16-6-3-4-10-22-16;2*3-2(4,5)1(6)7/h1-7,10,18-20H,8-9,11-14H2;2*(H,6,7)/t18-,19-,20+;;/m0../s1. The maximum absolute atomic E-state index is 14.0. The van der Waals surface area contributed by atoms with Gasteiger partial charge in [0.25, 0.3) is 0 Å². The van der Waals surface area contributed by atoms with Gasteiger partial charge in [-0.15, -0.1) is 0 Å². The van der Waals surface area contributed by atoms with Crippen molar-refractivity contribution in [2.24, 2.45) is 0 Å². The summed E-state index contributed by atoms with van der Waals surface area (Å²) in [6.45, 7) is 2.64. The van der Waals surface area contributed by atoms with Crippen LogP contribution in [0, 0.1) is 5.82 Å². The first kappa shape index (κ1) is 31.9. The van der Waals surface area contributed by atoms with Crippen LogP contribution in [0.1, 0.15) is 24.1 Å². The molecule has 39 heavy (non-hydrogen) atoms. The van der Waals surface area contributed by atoms with Crippen LogP contribution in [0.15, 0.2) is 48.7 Å². The summed E-state index contributed by atoms with van der Waals surface area (Å²) in [4.78, 5) is 24.4. The molecule has 0 amide bonds. The number of pyridine rings is 1. The average Bonchev–Trinajstić information content (AvgIpc) is 3.28. The Balaban J connectivity index is 0.000000317. The number of morpholine rings is 1. The van der Waals surface area contributed by atoms with Gasteiger partial charge in [-0.05, 0) is 31.0 Å². The molecule has 0 unspecified atom stereocenters. The summed E-state index contributed by atoms with van der Waals surface area (Å²) < 4.78 is 89.6. The Bertz CT molecular complexity index is 1040. The number of carboxylic acid groups (broad SMARTS) is 2. The fourth-order valence-corrected chi connectivity index (χ4v) is 3.89. The Morgan fingerprint density at radius 3 is 2.10 bits per heavy atom. The number of hydrogen-bond donors (Lipinski definition) is 2. The molecular weight excluding hydrogens is 545 g/mol. The van der Waals surface area contributed by atoms with Crippen LogP contribution in [0.4, 0.5) is 30.7 Å². The van der Waals surface area contributed by atoms with E-state index in [4.69, 9.17) is 29.3 Å². The normalized spacial score (nSPS) is 21.1. The molecule has 1 aromatic carbocycles. The summed E-state index contributed by atoms with van der Waals surface area (Å²) >= 11 is 0. The first-order chi connectivity index (χ1) is 18.2. The van der Waals surface area contributed by atoms with Gasteiger partial charge in [0.1, 0.15) is 5.82 Å². The fraction of sp³-hybridized carbons (Fsp3) is 0.458. The molecule has 3 atom stereocenters. The molecule has 15 heteroatoms. The Labute approximate surface area is 218 Å². The van der Waals surface area contributed by atoms with Crippen LogP contribution >= 0.6 is 0 Å². The first-order valence-corrected chi connectivity index (χ1v) is 11.4. The van der Waals surface area contributed by atoms with Crippen molar-refractivity contribution in [3.05, 3.63) is 65.7 Å². The van der Waals surface area contributed by atoms with Crippen molar-refractivity contribution in [1.82, 2.24) is 9.88 Å². The Morgan fingerprint density at radius 1 is 0.974 bits per heavy atom. The minimum absolute atomic E-state index is 0.0595. The number of aliphatic carboxylic acids is 2. The van der Waals surface area contributed by atoms with Crippen LogP contribution in [0.5, 0.6) is 0 Å². The minimum Gasteiger partial charge on any atom is -0.475 e. The lowest BCUT2D eigenvalue weighted by molar-refractivity contribution is -0.193. The van der Waals surface area contributed by atoms with Crippen molar-refractivity contribution in [2.45, 2.75) is 56.6 Å². The molecule has 0 spiro atoms. The largest absolute Gasteiger partial charge is 0.490 e. The van der Waals surface area contributed by atoms with Gasteiger partial charge in [0.15, 0.2) is 0 Å². The molecule has 2 heterocycles. The molecule has 216 valence electrons. The molecule has 1 aliphatic heterocycles. The van der Waals surface area contributed by atoms with Crippen molar-refractivity contribution in [3.8, 4) is 0 Å². The highest BCUT2D eigenvalue weighted by Crippen LogP contribution is 2.33. The van der Waals surface area contributed by atoms with E-state index in [2.05, 4.69) is 9.88 Å². The number of benzene rings is 1. The third kappa shape index (κ3) is 10.4. The van der Waals surface area contributed by atoms with Gasteiger partial charge in [0.05, 0.1) is 31.1 Å². The fourth-order valence-electron chi connectivity index (χ4n) is 3.89. The maximum atomic E-state index is 14.0. The maximum Gasteiger partial charge on any atom is 0.490 e. The zero-order valence-corrected chi connectivity index (χ0v) is 20.2. The predicted molar refractivity (Wildman–Crippen MR) is 120 cm³/mol. The number of halogens is 7. The van der Waals surface area contributed by atoms with E-state index < -0.39 is 24.3 Å². The molecule has 8 nitrogen and oxygen atoms in total. The summed E-state index contributed by atoms with van der Waals surface area (Å²) in [6, 6.07) is 13.2. The van der Waals surface area contributed by atoms with Gasteiger partial charge in [-0.1, -0.05) is 24.3 Å². The van der Waals surface area contributed by atoms with Crippen molar-refractivity contribution in [2.75, 3.05) is 13.2 Å². The molecule has 2 aromatic rings. The molecule has 1 saturated heterocycles. The highest BCUT2D eigenvalue weighted by Gasteiger charge is 2.43. The second-order valence-electron chi connectivity index (χ2n) is 8.32. The quantitative estimate of drug-likeness (QED) is 0.509. The molecule has 1 aliphatic carbocycles. The van der Waals surface area contributed by atoms with E-state index in [1.165, 1.54) is 6.07 Å². The van der Waals surface area contributed by atoms with Crippen molar-refractivity contribution >= 4 is 11.9 Å². The van der Waals surface area contributed by atoms with Gasteiger partial charge in [0.2, 0.25) is 0 Å². The molecule has 2 N–H and O–H groups in total. The Morgan fingerprint density at radius 2 is 1.56 bits per heavy atom. The first-order valence-electron chi connectivity index (χ1n) is 11.4. The zero-order chi connectivity index (χ0) is 29.2. The predicted octanol–water partition coefficient (Wildman–Crippen LogP) is 4.44. The average molecular weight is 570 g/mol. The number of alkyl halides is 6. The van der Waals surface area contributed by atoms with Crippen molar-refractivity contribution < 1.29 is 60.0 Å². The molecular formula is C24H25F7N2O6. The zero-order valence-electron chi connectivity index (χ0n) is 20.2. The topological polar surface area (TPSA) is 109 Å². The lowest BCUT2D eigenvalue weighted by Crippen LogP contribution is -2.51. The monoisotopic (exact) mass is 570 g/mol. The van der Waals surface area contributed by atoms with Crippen LogP contribution in [0.2, 0.25) is 0 Å². The smallest absolute Gasteiger partial charge is 0.475 e. The third-order valence-electron chi connectivity index (χ3n) is 5.64. The number of fused-ring (bicyclic) bond motifs is 1. The van der Waals surface area contributed by atoms with Gasteiger partial charge in [-0.2, -0.15) is 26.3 Å². The molecule has 0 bridgehead atoms. The van der Waals surface area contributed by atoms with Crippen molar-refractivity contribution in [1.29, 1.82) is 0 Å². The minimum atomic E-state index is -5.08. The van der Waals surface area contributed by atoms with E-state index in [0.29, 0.717) is 25.8 Å². The van der Waals surface area contributed by atoms with E-state index in [0.717, 1.165) is 30.6 Å². The lowest BCUT2D eigenvalue weighted by Gasteiger charge is -2.39. The molecule has 1 aromatic heterocycles. The number of carbonyl (C=O) groups is 2. The van der Waals surface area contributed by atoms with Crippen LogP contribution < -0.4 is 0 Å². The van der Waals surface area contributed by atoms with Gasteiger partial charge in [-0.3, -0.25) is 9.88 Å². The summed E-state index contributed by atoms with van der Waals surface area (Å²) in [6.07, 6.45) is -6.26. The van der Waals surface area contributed by atoms with Crippen LogP contribution in [-0.4, -0.2) is 75.8 Å². The Kier molecular flexibility index (Phi) is 11.6. The Hall–Kier alpha value is -3.30. The molecule has 2 fully saturated rings. The lowest BCUT2D eigenvalue weighted by atomic mass is 10.1. The second kappa shape index (κ2) is 14.2. The number of ether oxygens (including phenoxy) is 2. The van der Waals surface area contributed by atoms with Crippen LogP contribution in [-0.2, 0) is 32.2 Å². The van der Waals surface area contributed by atoms with Gasteiger partial charge in [-0.25, -0.2) is 14.0 Å². The molecule has 0 radical (unpaired) electrons. The molecule has 4 rings (SSSR count). The number of hydrogen-bond acceptors (Lipinski definition) is 6. The second-order valence-corrected chi connectivity index (χ2v) is 8.32. The SMILES string of the molecule is Fc1ccccc1CN1CCO[C@H]2[C@@H](OCc3ccccn3)CC[C@@H]21.O=C(O)C(F)(F)F.O=C(O)C(F)(F)F. The van der Waals surface area contributed by atoms with Gasteiger partial charge < -0.3 is 19.7 Å². The molecule has 1 saturated carbocycles. The van der Waals surface area contributed by atoms with E-state index in [9.17, 15) is 30.7 Å². The van der Waals surface area contributed by atoms with Crippen molar-refractivity contribution in [3.63, 3.8) is 0 Å². The number of rotatable bonds is 5. The summed E-state index contributed by atoms with van der Waals surface area (Å²) in [5.41, 5.74) is 1.69. The van der Waals surface area contributed by atoms with Gasteiger partial charge >= 0.3 is 24.3 Å². The van der Waals surface area contributed by atoms with E-state index in [1.54, 1.807) is 12.3 Å². The van der Waals surface area contributed by atoms with Gasteiger partial charge in [0, 0.05) is 30.9 Å². The van der Waals surface area contributed by atoms with E-state index in [1.807, 2.05) is 30.3 Å². The van der Waals surface area contributed by atoms with E-state index in [-0.39, 0.29) is 18.0 Å². The summed E-state index contributed by atoms with van der Waals surface area (Å²) in [5.74, 6) is -5.65. The summed E-state index contributed by atoms with van der Waals surface area (Å²) in [5, 5.41) is 14.2. The molecule has 2 aliphatic rings. The third-order valence-corrected chi connectivity index (χ3v) is 5.64. The highest BCUT2D eigenvalue weighted by molar-refractivity contribution is 5.73. The number of aromatic nitrogens is 1. The van der Waals surface area contributed by atoms with Crippen LogP contribution in [0.25, 0.3) is 0 Å². The van der Waals surface area contributed by atoms with E-state index >= 15 is 0 Å². The summed E-state index contributed by atoms with van der Waals surface area (Å²) in [7, 11) is 0. The number of nitrogens with zero attached hydrogens (tertiary/aromatic N) is 2.